The number of likely N-dealkylation sites (tertiary alicyclic amines) is 1. The van der Waals surface area contributed by atoms with Crippen molar-refractivity contribution < 1.29 is 24.2 Å². The van der Waals surface area contributed by atoms with E-state index in [9.17, 15) is 14.7 Å². The quantitative estimate of drug-likeness (QED) is 0.587. The molecule has 0 unspecified atom stereocenters. The minimum atomic E-state index is -0.847. The second-order valence-electron chi connectivity index (χ2n) is 9.89. The summed E-state index contributed by atoms with van der Waals surface area (Å²) in [7, 11) is 0. The number of amides is 2. The SMILES string of the molecule is Cc1cccc(C(=O)NCC(=O)NC2CN(C3CCC(O)(c4ccc5c(c4)OCCO5)CC3)C2)c1. The third-order valence-corrected chi connectivity index (χ3v) is 7.34. The van der Waals surface area contributed by atoms with Gasteiger partial charge in [0.2, 0.25) is 5.91 Å². The van der Waals surface area contributed by atoms with Crippen LogP contribution in [0.25, 0.3) is 0 Å². The number of nitrogens with one attached hydrogen (secondary N) is 2. The lowest BCUT2D eigenvalue weighted by Gasteiger charge is -2.48. The molecule has 0 radical (unpaired) electrons. The summed E-state index contributed by atoms with van der Waals surface area (Å²) < 4.78 is 11.3. The topological polar surface area (TPSA) is 100 Å². The van der Waals surface area contributed by atoms with E-state index < -0.39 is 5.60 Å². The van der Waals surface area contributed by atoms with Crippen molar-refractivity contribution in [1.29, 1.82) is 0 Å². The molecule has 3 aliphatic rings. The van der Waals surface area contributed by atoms with Gasteiger partial charge in [-0.25, -0.2) is 0 Å². The van der Waals surface area contributed by atoms with Gasteiger partial charge in [0.25, 0.3) is 5.91 Å². The molecule has 5 rings (SSSR count). The Morgan fingerprint density at radius 1 is 1.06 bits per heavy atom. The molecular formula is C27H33N3O5. The van der Waals surface area contributed by atoms with Crippen LogP contribution in [0.15, 0.2) is 42.5 Å². The number of hydrogen-bond donors (Lipinski definition) is 3. The van der Waals surface area contributed by atoms with Gasteiger partial charge in [-0.15, -0.1) is 0 Å². The molecule has 0 spiro atoms. The monoisotopic (exact) mass is 479 g/mol. The van der Waals surface area contributed by atoms with Crippen LogP contribution >= 0.6 is 0 Å². The smallest absolute Gasteiger partial charge is 0.251 e. The van der Waals surface area contributed by atoms with E-state index in [-0.39, 0.29) is 24.4 Å². The van der Waals surface area contributed by atoms with Gasteiger partial charge in [-0.3, -0.25) is 14.5 Å². The van der Waals surface area contributed by atoms with Crippen LogP contribution in [0.1, 0.15) is 47.2 Å². The highest BCUT2D eigenvalue weighted by molar-refractivity contribution is 5.96. The fraction of sp³-hybridized carbons (Fsp3) is 0.481. The standard InChI is InChI=1S/C27H33N3O5/c1-18-3-2-4-19(13-18)26(32)28-15-25(31)29-21-16-30(17-21)22-7-9-27(33,10-8-22)20-5-6-23-24(14-20)35-12-11-34-23/h2-6,13-14,21-22,33H,7-12,15-17H2,1H3,(H,28,32)(H,29,31). The van der Waals surface area contributed by atoms with Gasteiger partial charge in [-0.2, -0.15) is 0 Å². The summed E-state index contributed by atoms with van der Waals surface area (Å²) in [6.07, 6.45) is 3.18. The number of aliphatic hydroxyl groups is 1. The van der Waals surface area contributed by atoms with Gasteiger partial charge < -0.3 is 25.2 Å². The number of nitrogens with zero attached hydrogens (tertiary/aromatic N) is 1. The van der Waals surface area contributed by atoms with Crippen molar-refractivity contribution in [3.63, 3.8) is 0 Å². The first-order valence-corrected chi connectivity index (χ1v) is 12.4. The van der Waals surface area contributed by atoms with E-state index in [1.54, 1.807) is 12.1 Å². The summed E-state index contributed by atoms with van der Waals surface area (Å²) in [5, 5.41) is 17.0. The molecule has 0 bridgehead atoms. The lowest BCUT2D eigenvalue weighted by Crippen LogP contribution is -2.63. The second-order valence-corrected chi connectivity index (χ2v) is 9.89. The highest BCUT2D eigenvalue weighted by Gasteiger charge is 2.40. The Bertz CT molecular complexity index is 1090. The largest absolute Gasteiger partial charge is 0.486 e. The Morgan fingerprint density at radius 3 is 2.54 bits per heavy atom. The minimum absolute atomic E-state index is 0.0325. The molecule has 1 aliphatic carbocycles. The van der Waals surface area contributed by atoms with Crippen molar-refractivity contribution in [3.8, 4) is 11.5 Å². The Hall–Kier alpha value is -3.10. The number of aryl methyl sites for hydroxylation is 1. The lowest BCUT2D eigenvalue weighted by molar-refractivity contribution is -0.122. The van der Waals surface area contributed by atoms with Gasteiger partial charge in [-0.05, 0) is 62.4 Å². The third kappa shape index (κ3) is 5.28. The van der Waals surface area contributed by atoms with Gasteiger partial charge in [0.1, 0.15) is 13.2 Å². The zero-order valence-corrected chi connectivity index (χ0v) is 20.1. The van der Waals surface area contributed by atoms with E-state index in [4.69, 9.17) is 9.47 Å². The average Bonchev–Trinajstić information content (AvgIpc) is 2.85. The zero-order chi connectivity index (χ0) is 24.4. The summed E-state index contributed by atoms with van der Waals surface area (Å²) in [6.45, 7) is 4.57. The Balaban J connectivity index is 1.04. The molecule has 3 N–H and O–H groups in total. The van der Waals surface area contributed by atoms with Crippen LogP contribution in [0.3, 0.4) is 0 Å². The molecule has 2 heterocycles. The van der Waals surface area contributed by atoms with E-state index in [0.29, 0.717) is 43.4 Å². The van der Waals surface area contributed by atoms with Gasteiger partial charge in [0.15, 0.2) is 11.5 Å². The number of hydrogen-bond acceptors (Lipinski definition) is 6. The van der Waals surface area contributed by atoms with E-state index in [2.05, 4.69) is 15.5 Å². The molecule has 2 amide bonds. The molecule has 1 saturated heterocycles. The molecule has 35 heavy (non-hydrogen) atoms. The van der Waals surface area contributed by atoms with E-state index >= 15 is 0 Å². The summed E-state index contributed by atoms with van der Waals surface area (Å²) >= 11 is 0. The molecule has 2 aromatic rings. The molecule has 2 aromatic carbocycles. The van der Waals surface area contributed by atoms with Gasteiger partial charge in [0.05, 0.1) is 18.2 Å². The normalized spacial score (nSPS) is 24.3. The molecule has 2 fully saturated rings. The Kier molecular flexibility index (Phi) is 6.67. The van der Waals surface area contributed by atoms with E-state index in [1.807, 2.05) is 37.3 Å². The van der Waals surface area contributed by atoms with Gasteiger partial charge in [0, 0.05) is 24.7 Å². The Labute approximate surface area is 205 Å². The molecule has 1 saturated carbocycles. The average molecular weight is 480 g/mol. The minimum Gasteiger partial charge on any atom is -0.486 e. The number of carbonyl (C=O) groups excluding carboxylic acids is 2. The van der Waals surface area contributed by atoms with Crippen molar-refractivity contribution in [2.45, 2.75) is 50.3 Å². The van der Waals surface area contributed by atoms with Gasteiger partial charge >= 0.3 is 0 Å². The molecular weight excluding hydrogens is 446 g/mol. The molecule has 8 heteroatoms. The van der Waals surface area contributed by atoms with Crippen molar-refractivity contribution >= 4 is 11.8 Å². The number of carbonyl (C=O) groups is 2. The predicted octanol–water partition coefficient (Wildman–Crippen LogP) is 2.13. The van der Waals surface area contributed by atoms with Crippen molar-refractivity contribution in [2.24, 2.45) is 0 Å². The fourth-order valence-corrected chi connectivity index (χ4v) is 5.30. The van der Waals surface area contributed by atoms with Crippen LogP contribution in [-0.2, 0) is 10.4 Å². The molecule has 186 valence electrons. The molecule has 2 aliphatic heterocycles. The summed E-state index contributed by atoms with van der Waals surface area (Å²) in [6, 6.07) is 13.5. The lowest BCUT2D eigenvalue weighted by atomic mass is 9.76. The fourth-order valence-electron chi connectivity index (χ4n) is 5.30. The summed E-state index contributed by atoms with van der Waals surface area (Å²) in [4.78, 5) is 26.9. The van der Waals surface area contributed by atoms with Crippen LogP contribution < -0.4 is 20.1 Å². The zero-order valence-electron chi connectivity index (χ0n) is 20.1. The summed E-state index contributed by atoms with van der Waals surface area (Å²) in [5.41, 5.74) is 1.60. The number of benzene rings is 2. The second kappa shape index (κ2) is 9.87. The first-order chi connectivity index (χ1) is 16.9. The maximum Gasteiger partial charge on any atom is 0.251 e. The predicted molar refractivity (Wildman–Crippen MR) is 131 cm³/mol. The first-order valence-electron chi connectivity index (χ1n) is 12.4. The van der Waals surface area contributed by atoms with Crippen molar-refractivity contribution in [2.75, 3.05) is 32.8 Å². The first kappa shape index (κ1) is 23.6. The Morgan fingerprint density at radius 2 is 1.80 bits per heavy atom. The summed E-state index contributed by atoms with van der Waals surface area (Å²) in [5.74, 6) is 1.03. The van der Waals surface area contributed by atoms with Crippen molar-refractivity contribution in [1.82, 2.24) is 15.5 Å². The van der Waals surface area contributed by atoms with Crippen LogP contribution in [0.2, 0.25) is 0 Å². The van der Waals surface area contributed by atoms with Crippen LogP contribution in [0, 0.1) is 6.92 Å². The molecule has 0 atom stereocenters. The van der Waals surface area contributed by atoms with Crippen molar-refractivity contribution in [3.05, 3.63) is 59.2 Å². The van der Waals surface area contributed by atoms with E-state index in [1.165, 1.54) is 0 Å². The molecule has 0 aromatic heterocycles. The molecule has 8 nitrogen and oxygen atoms in total. The maximum atomic E-state index is 12.3. The number of fused-ring (bicyclic) bond motifs is 1. The highest BCUT2D eigenvalue weighted by atomic mass is 16.6. The maximum absolute atomic E-state index is 12.3. The third-order valence-electron chi connectivity index (χ3n) is 7.34. The number of ether oxygens (including phenoxy) is 2. The number of rotatable bonds is 6. The van der Waals surface area contributed by atoms with Crippen LogP contribution in [-0.4, -0.2) is 66.8 Å². The van der Waals surface area contributed by atoms with E-state index in [0.717, 1.165) is 42.8 Å². The van der Waals surface area contributed by atoms with Crippen LogP contribution in [0.5, 0.6) is 11.5 Å². The van der Waals surface area contributed by atoms with Crippen LogP contribution in [0.4, 0.5) is 0 Å². The highest BCUT2D eigenvalue weighted by Crippen LogP contribution is 2.42. The van der Waals surface area contributed by atoms with Gasteiger partial charge in [-0.1, -0.05) is 23.8 Å².